The highest BCUT2D eigenvalue weighted by atomic mass is 17.3. The first-order valence-electron chi connectivity index (χ1n) is 14.0. The molecule has 10 heteroatoms. The Bertz CT molecular complexity index is 1070. The monoisotopic (exact) mass is 545 g/mol. The Morgan fingerprint density at radius 2 is 1.85 bits per heavy atom. The minimum Gasteiger partial charge on any atom is -0.481 e. The zero-order valence-electron chi connectivity index (χ0n) is 22.8. The van der Waals surface area contributed by atoms with E-state index in [9.17, 15) is 19.5 Å². The third-order valence-corrected chi connectivity index (χ3v) is 9.14. The van der Waals surface area contributed by atoms with Crippen LogP contribution in [0.15, 0.2) is 30.3 Å². The van der Waals surface area contributed by atoms with E-state index in [0.717, 1.165) is 24.8 Å². The third-order valence-electron chi connectivity index (χ3n) is 9.14. The van der Waals surface area contributed by atoms with Gasteiger partial charge < -0.3 is 24.6 Å². The molecular formula is C29H39NO9. The van der Waals surface area contributed by atoms with Crippen LogP contribution in [0.4, 0.5) is 0 Å². The number of esters is 1. The normalized spacial score (nSPS) is 37.7. The molecule has 1 amide bonds. The van der Waals surface area contributed by atoms with Crippen LogP contribution in [0.5, 0.6) is 0 Å². The summed E-state index contributed by atoms with van der Waals surface area (Å²) in [4.78, 5) is 48.5. The first kappa shape index (κ1) is 28.0. The molecule has 5 aliphatic rings. The van der Waals surface area contributed by atoms with E-state index in [2.05, 4.69) is 12.2 Å². The summed E-state index contributed by atoms with van der Waals surface area (Å²) >= 11 is 0. The number of amides is 1. The zero-order valence-corrected chi connectivity index (χ0v) is 22.8. The number of hydrogen-bond acceptors (Lipinski definition) is 8. The van der Waals surface area contributed by atoms with Crippen molar-refractivity contribution in [3.8, 4) is 0 Å². The number of carbonyl (C=O) groups excluding carboxylic acids is 2. The smallest absolute Gasteiger partial charge is 0.308 e. The number of carboxylic acids is 1. The van der Waals surface area contributed by atoms with Crippen LogP contribution in [-0.2, 0) is 38.4 Å². The Labute approximate surface area is 228 Å². The van der Waals surface area contributed by atoms with Crippen LogP contribution in [0.3, 0.4) is 0 Å². The summed E-state index contributed by atoms with van der Waals surface area (Å²) in [5.74, 6) is -2.57. The van der Waals surface area contributed by atoms with Crippen molar-refractivity contribution in [2.24, 2.45) is 23.7 Å². The lowest BCUT2D eigenvalue weighted by Crippen LogP contribution is -2.70. The second kappa shape index (κ2) is 11.2. The standard InChI is InChI=1S/C29H39NO9/c1-17-9-10-22-18(2)26(36-27-29(22)21(17)13-14-28(3,37-27)38-39-29)35-25(34)12-11-23(31)30-16-20(15-24(32)33)19-7-5-4-6-8-19/h4-8,17-18,20-22,26-27H,9-16H2,1-3H3,(H,30,31)(H,32,33)/t17-,18-,20-,21+,22+,26-,27-,28-,29+/m1/s1. The highest BCUT2D eigenvalue weighted by Crippen LogP contribution is 2.60. The van der Waals surface area contributed by atoms with E-state index >= 15 is 0 Å². The van der Waals surface area contributed by atoms with Crippen molar-refractivity contribution in [1.29, 1.82) is 0 Å². The molecule has 0 aromatic heterocycles. The minimum atomic E-state index is -0.944. The number of carbonyl (C=O) groups is 3. The van der Waals surface area contributed by atoms with Crippen LogP contribution in [-0.4, -0.2) is 53.5 Å². The van der Waals surface area contributed by atoms with Crippen LogP contribution < -0.4 is 5.32 Å². The zero-order chi connectivity index (χ0) is 27.8. The SMILES string of the molecule is C[C@H]1[C@H](OC(=O)CCC(=O)NC[C@@H](CC(=O)O)c2ccccc2)O[C@@H]2O[C@@]3(C)CC[C@H]4[C@H](C)CC[C@@H]1[C@]24OO3. The highest BCUT2D eigenvalue weighted by Gasteiger charge is 2.69. The molecule has 1 aromatic rings. The molecule has 0 radical (unpaired) electrons. The van der Waals surface area contributed by atoms with E-state index in [1.165, 1.54) is 0 Å². The Morgan fingerprint density at radius 3 is 2.59 bits per heavy atom. The molecule has 9 atom stereocenters. The Balaban J connectivity index is 1.16. The summed E-state index contributed by atoms with van der Waals surface area (Å²) < 4.78 is 18.3. The van der Waals surface area contributed by atoms with Crippen molar-refractivity contribution >= 4 is 17.8 Å². The maximum Gasteiger partial charge on any atom is 0.308 e. The quantitative estimate of drug-likeness (QED) is 0.351. The molecule has 1 aromatic carbocycles. The molecule has 4 heterocycles. The molecule has 5 fully saturated rings. The fourth-order valence-electron chi connectivity index (χ4n) is 6.98. The lowest BCUT2D eigenvalue weighted by molar-refractivity contribution is -0.576. The second-order valence-electron chi connectivity index (χ2n) is 11.8. The predicted octanol–water partition coefficient (Wildman–Crippen LogP) is 3.89. The maximum absolute atomic E-state index is 12.8. The van der Waals surface area contributed by atoms with Gasteiger partial charge in [-0.2, -0.15) is 0 Å². The molecular weight excluding hydrogens is 506 g/mol. The van der Waals surface area contributed by atoms with Gasteiger partial charge in [-0.15, -0.1) is 0 Å². The number of carboxylic acid groups (broad SMARTS) is 1. The molecule has 10 nitrogen and oxygen atoms in total. The molecule has 2 N–H and O–H groups in total. The van der Waals surface area contributed by atoms with E-state index < -0.39 is 35.9 Å². The van der Waals surface area contributed by atoms with Crippen molar-refractivity contribution in [3.63, 3.8) is 0 Å². The molecule has 4 saturated heterocycles. The van der Waals surface area contributed by atoms with Gasteiger partial charge in [-0.1, -0.05) is 44.2 Å². The number of nitrogens with one attached hydrogen (secondary N) is 1. The largest absolute Gasteiger partial charge is 0.481 e. The van der Waals surface area contributed by atoms with Gasteiger partial charge in [-0.3, -0.25) is 14.4 Å². The van der Waals surface area contributed by atoms with Crippen molar-refractivity contribution in [1.82, 2.24) is 5.32 Å². The Morgan fingerprint density at radius 1 is 1.08 bits per heavy atom. The van der Waals surface area contributed by atoms with Gasteiger partial charge in [0, 0.05) is 37.1 Å². The lowest BCUT2D eigenvalue weighted by Gasteiger charge is -2.59. The van der Waals surface area contributed by atoms with Crippen molar-refractivity contribution in [2.75, 3.05) is 6.54 Å². The van der Waals surface area contributed by atoms with E-state index in [0.29, 0.717) is 12.3 Å². The molecule has 6 rings (SSSR count). The fourth-order valence-corrected chi connectivity index (χ4v) is 6.98. The predicted molar refractivity (Wildman–Crippen MR) is 137 cm³/mol. The summed E-state index contributed by atoms with van der Waals surface area (Å²) in [7, 11) is 0. The van der Waals surface area contributed by atoms with Gasteiger partial charge in [0.2, 0.25) is 18.0 Å². The topological polar surface area (TPSA) is 130 Å². The third kappa shape index (κ3) is 5.57. The first-order valence-corrected chi connectivity index (χ1v) is 14.0. The van der Waals surface area contributed by atoms with Gasteiger partial charge in [0.15, 0.2) is 11.9 Å². The highest BCUT2D eigenvalue weighted by molar-refractivity contribution is 5.81. The number of rotatable bonds is 9. The van der Waals surface area contributed by atoms with Crippen LogP contribution in [0.2, 0.25) is 0 Å². The van der Waals surface area contributed by atoms with Gasteiger partial charge in [0.1, 0.15) is 0 Å². The molecule has 2 bridgehead atoms. The van der Waals surface area contributed by atoms with E-state index in [-0.39, 0.29) is 55.4 Å². The molecule has 0 unspecified atom stereocenters. The molecule has 1 spiro atoms. The fraction of sp³-hybridized carbons (Fsp3) is 0.690. The van der Waals surface area contributed by atoms with Gasteiger partial charge in [-0.25, -0.2) is 9.78 Å². The van der Waals surface area contributed by atoms with E-state index in [1.54, 1.807) is 0 Å². The first-order chi connectivity index (χ1) is 18.6. The molecule has 1 saturated carbocycles. The average molecular weight is 546 g/mol. The Hall–Kier alpha value is -2.53. The minimum absolute atomic E-state index is 0.0327. The van der Waals surface area contributed by atoms with Gasteiger partial charge in [-0.05, 0) is 43.6 Å². The van der Waals surface area contributed by atoms with Crippen LogP contribution in [0.25, 0.3) is 0 Å². The van der Waals surface area contributed by atoms with E-state index in [4.69, 9.17) is 24.0 Å². The van der Waals surface area contributed by atoms with Crippen LogP contribution >= 0.6 is 0 Å². The van der Waals surface area contributed by atoms with Crippen LogP contribution in [0.1, 0.15) is 77.2 Å². The summed E-state index contributed by atoms with van der Waals surface area (Å²) in [6, 6.07) is 9.18. The molecule has 1 aliphatic carbocycles. The number of hydrogen-bond donors (Lipinski definition) is 2. The van der Waals surface area contributed by atoms with Crippen molar-refractivity contribution in [2.45, 2.75) is 95.6 Å². The summed E-state index contributed by atoms with van der Waals surface area (Å²) in [5, 5.41) is 12.0. The van der Waals surface area contributed by atoms with Crippen molar-refractivity contribution in [3.05, 3.63) is 35.9 Å². The average Bonchev–Trinajstić information content (AvgIpc) is 3.14. The number of fused-ring (bicyclic) bond motifs is 2. The summed E-state index contributed by atoms with van der Waals surface area (Å²) in [5.41, 5.74) is 0.0963. The van der Waals surface area contributed by atoms with Gasteiger partial charge in [0.05, 0.1) is 12.8 Å². The molecule has 4 aliphatic heterocycles. The van der Waals surface area contributed by atoms with Gasteiger partial charge >= 0.3 is 11.9 Å². The number of ether oxygens (including phenoxy) is 3. The molecule has 214 valence electrons. The Kier molecular flexibility index (Phi) is 8.01. The van der Waals surface area contributed by atoms with Crippen molar-refractivity contribution < 1.29 is 43.5 Å². The summed E-state index contributed by atoms with van der Waals surface area (Å²) in [6.45, 7) is 6.25. The number of benzene rings is 1. The lowest BCUT2D eigenvalue weighted by atomic mass is 9.58. The summed E-state index contributed by atoms with van der Waals surface area (Å²) in [6.07, 6.45) is 1.71. The van der Waals surface area contributed by atoms with Crippen LogP contribution in [0, 0.1) is 23.7 Å². The second-order valence-corrected chi connectivity index (χ2v) is 11.8. The van der Waals surface area contributed by atoms with Gasteiger partial charge in [0.25, 0.3) is 0 Å². The molecule has 39 heavy (non-hydrogen) atoms. The number of aliphatic carboxylic acids is 1. The maximum atomic E-state index is 12.8. The van der Waals surface area contributed by atoms with E-state index in [1.807, 2.05) is 44.2 Å².